The SMILES string of the molecule is C[C@@H]1C[C@H](Cn2ncc3ncc(Cl)nc32)C[C@H](C)O1. The molecular formula is C13H17ClN4O. The number of fused-ring (bicyclic) bond motifs is 1. The highest BCUT2D eigenvalue weighted by molar-refractivity contribution is 6.29. The molecule has 1 aliphatic rings. The van der Waals surface area contributed by atoms with E-state index in [1.165, 1.54) is 0 Å². The van der Waals surface area contributed by atoms with Gasteiger partial charge in [0.15, 0.2) is 5.65 Å². The summed E-state index contributed by atoms with van der Waals surface area (Å²) in [5.74, 6) is 0.558. The predicted octanol–water partition coefficient (Wildman–Crippen LogP) is 2.68. The average Bonchev–Trinajstić information content (AvgIpc) is 2.70. The second-order valence-electron chi connectivity index (χ2n) is 5.32. The summed E-state index contributed by atoms with van der Waals surface area (Å²) in [5, 5.41) is 4.78. The molecule has 0 amide bonds. The average molecular weight is 281 g/mol. The summed E-state index contributed by atoms with van der Waals surface area (Å²) in [6, 6.07) is 0. The monoisotopic (exact) mass is 280 g/mol. The van der Waals surface area contributed by atoms with Gasteiger partial charge in [0.25, 0.3) is 0 Å². The van der Waals surface area contributed by atoms with Crippen molar-refractivity contribution in [2.45, 2.75) is 45.4 Å². The van der Waals surface area contributed by atoms with Gasteiger partial charge in [-0.05, 0) is 32.6 Å². The Labute approximate surface area is 116 Å². The summed E-state index contributed by atoms with van der Waals surface area (Å²) in [6.45, 7) is 5.09. The van der Waals surface area contributed by atoms with Crippen LogP contribution in [0.3, 0.4) is 0 Å². The third-order valence-electron chi connectivity index (χ3n) is 3.54. The van der Waals surface area contributed by atoms with Crippen LogP contribution in [0.15, 0.2) is 12.4 Å². The van der Waals surface area contributed by atoms with Crippen molar-refractivity contribution < 1.29 is 4.74 Å². The van der Waals surface area contributed by atoms with Crippen LogP contribution in [-0.4, -0.2) is 32.0 Å². The van der Waals surface area contributed by atoms with Gasteiger partial charge >= 0.3 is 0 Å². The molecule has 3 rings (SSSR count). The maximum atomic E-state index is 5.90. The Kier molecular flexibility index (Phi) is 3.41. The maximum Gasteiger partial charge on any atom is 0.178 e. The summed E-state index contributed by atoms with van der Waals surface area (Å²) in [6.07, 6.45) is 6.02. The molecule has 6 heteroatoms. The van der Waals surface area contributed by atoms with Gasteiger partial charge in [-0.1, -0.05) is 11.6 Å². The third-order valence-corrected chi connectivity index (χ3v) is 3.72. The lowest BCUT2D eigenvalue weighted by molar-refractivity contribution is -0.0552. The van der Waals surface area contributed by atoms with Gasteiger partial charge in [-0.3, -0.25) is 0 Å². The standard InChI is InChI=1S/C13H17ClN4O/c1-8-3-10(4-9(2)19-8)7-18-13-11(5-16-18)15-6-12(14)17-13/h5-6,8-10H,3-4,7H2,1-2H3/t8-,9+,10+. The van der Waals surface area contributed by atoms with Crippen molar-refractivity contribution in [3.8, 4) is 0 Å². The highest BCUT2D eigenvalue weighted by Crippen LogP contribution is 2.26. The van der Waals surface area contributed by atoms with Crippen LogP contribution in [0.5, 0.6) is 0 Å². The third kappa shape index (κ3) is 2.72. The van der Waals surface area contributed by atoms with Crippen molar-refractivity contribution in [2.24, 2.45) is 5.92 Å². The molecule has 0 aromatic carbocycles. The predicted molar refractivity (Wildman–Crippen MR) is 73.1 cm³/mol. The van der Waals surface area contributed by atoms with E-state index in [2.05, 4.69) is 28.9 Å². The van der Waals surface area contributed by atoms with Crippen molar-refractivity contribution in [3.05, 3.63) is 17.5 Å². The first kappa shape index (κ1) is 12.8. The first-order valence-electron chi connectivity index (χ1n) is 6.61. The first-order valence-corrected chi connectivity index (χ1v) is 6.99. The highest BCUT2D eigenvalue weighted by atomic mass is 35.5. The molecule has 19 heavy (non-hydrogen) atoms. The van der Waals surface area contributed by atoms with E-state index in [1.54, 1.807) is 12.4 Å². The Morgan fingerprint density at radius 3 is 2.79 bits per heavy atom. The van der Waals surface area contributed by atoms with Crippen LogP contribution in [0.2, 0.25) is 5.15 Å². The van der Waals surface area contributed by atoms with Crippen LogP contribution in [0, 0.1) is 5.92 Å². The molecular weight excluding hydrogens is 264 g/mol. The van der Waals surface area contributed by atoms with Gasteiger partial charge in [0, 0.05) is 6.54 Å². The second kappa shape index (κ2) is 5.06. The Balaban J connectivity index is 1.83. The quantitative estimate of drug-likeness (QED) is 0.849. The van der Waals surface area contributed by atoms with Crippen LogP contribution in [0.1, 0.15) is 26.7 Å². The van der Waals surface area contributed by atoms with Gasteiger partial charge in [0.2, 0.25) is 0 Å². The van der Waals surface area contributed by atoms with E-state index in [0.717, 1.165) is 30.6 Å². The lowest BCUT2D eigenvalue weighted by Crippen LogP contribution is -2.31. The summed E-state index contributed by atoms with van der Waals surface area (Å²) in [7, 11) is 0. The largest absolute Gasteiger partial charge is 0.376 e. The number of nitrogens with zero attached hydrogens (tertiary/aromatic N) is 4. The van der Waals surface area contributed by atoms with E-state index in [9.17, 15) is 0 Å². The molecule has 5 nitrogen and oxygen atoms in total. The van der Waals surface area contributed by atoms with Crippen LogP contribution in [-0.2, 0) is 11.3 Å². The molecule has 2 aromatic heterocycles. The van der Waals surface area contributed by atoms with E-state index < -0.39 is 0 Å². The molecule has 0 unspecified atom stereocenters. The second-order valence-corrected chi connectivity index (χ2v) is 5.71. The minimum atomic E-state index is 0.310. The van der Waals surface area contributed by atoms with Crippen LogP contribution < -0.4 is 0 Å². The van der Waals surface area contributed by atoms with Gasteiger partial charge in [0.1, 0.15) is 10.7 Å². The summed E-state index contributed by atoms with van der Waals surface area (Å²) >= 11 is 5.90. The lowest BCUT2D eigenvalue weighted by atomic mass is 9.92. The molecule has 1 aliphatic heterocycles. The fourth-order valence-electron chi connectivity index (χ4n) is 2.90. The van der Waals surface area contributed by atoms with Crippen molar-refractivity contribution in [1.29, 1.82) is 0 Å². The van der Waals surface area contributed by atoms with Crippen molar-refractivity contribution >= 4 is 22.8 Å². The highest BCUT2D eigenvalue weighted by Gasteiger charge is 2.25. The molecule has 0 radical (unpaired) electrons. The molecule has 0 bridgehead atoms. The van der Waals surface area contributed by atoms with Crippen molar-refractivity contribution in [3.63, 3.8) is 0 Å². The molecule has 1 fully saturated rings. The Morgan fingerprint density at radius 2 is 2.05 bits per heavy atom. The molecule has 3 atom stereocenters. The van der Waals surface area contributed by atoms with Gasteiger partial charge in [-0.25, -0.2) is 14.6 Å². The smallest absolute Gasteiger partial charge is 0.178 e. The Morgan fingerprint density at radius 1 is 1.32 bits per heavy atom. The number of aromatic nitrogens is 4. The Hall–Kier alpha value is -1.20. The van der Waals surface area contributed by atoms with E-state index in [-0.39, 0.29) is 0 Å². The molecule has 3 heterocycles. The summed E-state index contributed by atoms with van der Waals surface area (Å²) < 4.78 is 7.67. The molecule has 2 aromatic rings. The molecule has 0 aliphatic carbocycles. The number of hydrogen-bond acceptors (Lipinski definition) is 4. The number of rotatable bonds is 2. The van der Waals surface area contributed by atoms with Gasteiger partial charge in [0.05, 0.1) is 24.6 Å². The van der Waals surface area contributed by atoms with Crippen LogP contribution in [0.4, 0.5) is 0 Å². The minimum absolute atomic E-state index is 0.310. The topological polar surface area (TPSA) is 52.8 Å². The zero-order chi connectivity index (χ0) is 13.4. The molecule has 1 saturated heterocycles. The van der Waals surface area contributed by atoms with Crippen LogP contribution in [0.25, 0.3) is 11.2 Å². The lowest BCUT2D eigenvalue weighted by Gasteiger charge is -2.32. The number of ether oxygens (including phenoxy) is 1. The normalized spacial score (nSPS) is 27.8. The van der Waals surface area contributed by atoms with E-state index in [4.69, 9.17) is 16.3 Å². The van der Waals surface area contributed by atoms with Crippen molar-refractivity contribution in [1.82, 2.24) is 19.7 Å². The molecule has 0 saturated carbocycles. The van der Waals surface area contributed by atoms with Crippen molar-refractivity contribution in [2.75, 3.05) is 0 Å². The minimum Gasteiger partial charge on any atom is -0.376 e. The summed E-state index contributed by atoms with van der Waals surface area (Å²) in [4.78, 5) is 8.53. The Bertz CT molecular complexity index is 575. The zero-order valence-electron chi connectivity index (χ0n) is 11.1. The summed E-state index contributed by atoms with van der Waals surface area (Å²) in [5.41, 5.74) is 1.55. The van der Waals surface area contributed by atoms with Gasteiger partial charge in [-0.15, -0.1) is 0 Å². The number of hydrogen-bond donors (Lipinski definition) is 0. The van der Waals surface area contributed by atoms with E-state index >= 15 is 0 Å². The van der Waals surface area contributed by atoms with Gasteiger partial charge in [-0.2, -0.15) is 5.10 Å². The van der Waals surface area contributed by atoms with E-state index in [0.29, 0.717) is 23.3 Å². The first-order chi connectivity index (χ1) is 9.11. The molecule has 0 N–H and O–H groups in total. The number of halogens is 1. The maximum absolute atomic E-state index is 5.90. The fourth-order valence-corrected chi connectivity index (χ4v) is 3.03. The molecule has 0 spiro atoms. The zero-order valence-corrected chi connectivity index (χ0v) is 11.8. The molecule has 102 valence electrons. The fraction of sp³-hybridized carbons (Fsp3) is 0.615. The van der Waals surface area contributed by atoms with E-state index in [1.807, 2.05) is 4.68 Å². The van der Waals surface area contributed by atoms with Gasteiger partial charge < -0.3 is 4.74 Å². The van der Waals surface area contributed by atoms with Crippen LogP contribution >= 0.6 is 11.6 Å².